The van der Waals surface area contributed by atoms with Crippen LogP contribution in [0.2, 0.25) is 0 Å². The fourth-order valence-corrected chi connectivity index (χ4v) is 2.38. The molecule has 0 bridgehead atoms. The third-order valence-corrected chi connectivity index (χ3v) is 3.36. The van der Waals surface area contributed by atoms with Gasteiger partial charge in [-0.25, -0.2) is 0 Å². The molecule has 1 aromatic rings. The molecule has 104 valence electrons. The lowest BCUT2D eigenvalue weighted by molar-refractivity contribution is -0.446. The van der Waals surface area contributed by atoms with Gasteiger partial charge in [-0.2, -0.15) is 0 Å². The lowest BCUT2D eigenvalue weighted by Crippen LogP contribution is -2.26. The predicted molar refractivity (Wildman–Crippen MR) is 66.4 cm³/mol. The van der Waals surface area contributed by atoms with Gasteiger partial charge in [-0.1, -0.05) is 10.1 Å². The molecule has 0 spiro atoms. The molecule has 0 fully saturated rings. The molecule has 0 saturated carbocycles. The van der Waals surface area contributed by atoms with Gasteiger partial charge >= 0.3 is 11.7 Å². The Balaban J connectivity index is 1.93. The molecule has 2 aliphatic heterocycles. The van der Waals surface area contributed by atoms with Gasteiger partial charge < -0.3 is 10.4 Å². The molecule has 2 aliphatic rings. The number of hydrogen-bond donors (Lipinski definition) is 0. The third kappa shape index (κ3) is 1.95. The largest absolute Gasteiger partial charge is 0.715 e. The first kappa shape index (κ1) is 12.7. The van der Waals surface area contributed by atoms with Crippen molar-refractivity contribution in [2.75, 3.05) is 26.2 Å². The van der Waals surface area contributed by atoms with E-state index in [4.69, 9.17) is 0 Å². The molecule has 20 heavy (non-hydrogen) atoms. The van der Waals surface area contributed by atoms with Crippen LogP contribution in [0.4, 0.5) is 0 Å². The van der Waals surface area contributed by atoms with E-state index in [0.29, 0.717) is 30.7 Å². The van der Waals surface area contributed by atoms with Gasteiger partial charge in [0.05, 0.1) is 11.1 Å². The summed E-state index contributed by atoms with van der Waals surface area (Å²) >= 11 is 0. The van der Waals surface area contributed by atoms with E-state index in [1.807, 2.05) is 0 Å². The van der Waals surface area contributed by atoms with Crippen molar-refractivity contribution in [2.45, 2.75) is 0 Å². The Morgan fingerprint density at radius 3 is 1.40 bits per heavy atom. The Morgan fingerprint density at radius 2 is 1.15 bits per heavy atom. The normalized spacial score (nSPS) is 19.5. The van der Waals surface area contributed by atoms with Crippen LogP contribution in [0.3, 0.4) is 0 Å². The molecule has 2 radical (unpaired) electrons. The summed E-state index contributed by atoms with van der Waals surface area (Å²) in [5, 5.41) is 47.5. The van der Waals surface area contributed by atoms with Crippen LogP contribution < -0.4 is 0 Å². The van der Waals surface area contributed by atoms with Crippen molar-refractivity contribution >= 4 is 11.7 Å². The van der Waals surface area contributed by atoms with Crippen LogP contribution in [-0.4, -0.2) is 57.5 Å². The summed E-state index contributed by atoms with van der Waals surface area (Å²) in [5.41, 5.74) is 0.953. The monoisotopic (exact) mass is 276 g/mol. The van der Waals surface area contributed by atoms with Crippen LogP contribution in [0.15, 0.2) is 24.3 Å². The maximum atomic E-state index is 11.5. The summed E-state index contributed by atoms with van der Waals surface area (Å²) in [7, 11) is 0. The smallest absolute Gasteiger partial charge is 0.315 e. The van der Waals surface area contributed by atoms with Crippen LogP contribution in [0.25, 0.3) is 0 Å². The van der Waals surface area contributed by atoms with Gasteiger partial charge in [-0.15, -0.1) is 0 Å². The molecule has 0 aliphatic carbocycles. The highest BCUT2D eigenvalue weighted by molar-refractivity contribution is 5.98. The minimum Gasteiger partial charge on any atom is -0.715 e. The molecule has 3 rings (SSSR count). The molecule has 0 amide bonds. The van der Waals surface area contributed by atoms with Crippen molar-refractivity contribution in [3.8, 4) is 0 Å². The van der Waals surface area contributed by atoms with Crippen LogP contribution >= 0.6 is 0 Å². The molecule has 2 heterocycles. The molecule has 0 aromatic heterocycles. The van der Waals surface area contributed by atoms with E-state index in [-0.39, 0.29) is 37.9 Å². The zero-order valence-electron chi connectivity index (χ0n) is 10.6. The number of rotatable bonds is 2. The Bertz CT molecular complexity index is 543. The summed E-state index contributed by atoms with van der Waals surface area (Å²) in [6.07, 6.45) is 0. The maximum absolute atomic E-state index is 11.5. The van der Waals surface area contributed by atoms with Crippen molar-refractivity contribution in [1.82, 2.24) is 10.1 Å². The van der Waals surface area contributed by atoms with Gasteiger partial charge in [0.1, 0.15) is 13.1 Å². The van der Waals surface area contributed by atoms with Gasteiger partial charge in [-0.3, -0.25) is 9.48 Å². The van der Waals surface area contributed by atoms with Crippen LogP contribution in [0.1, 0.15) is 11.1 Å². The number of nitrogens with zero attached hydrogens (tertiary/aromatic N) is 4. The minimum absolute atomic E-state index is 0.0610. The van der Waals surface area contributed by atoms with E-state index >= 15 is 0 Å². The highest BCUT2D eigenvalue weighted by Crippen LogP contribution is 2.14. The van der Waals surface area contributed by atoms with Crippen molar-refractivity contribution in [3.05, 3.63) is 45.8 Å². The van der Waals surface area contributed by atoms with E-state index in [9.17, 15) is 20.8 Å². The van der Waals surface area contributed by atoms with Crippen molar-refractivity contribution in [2.24, 2.45) is 0 Å². The van der Waals surface area contributed by atoms with Crippen molar-refractivity contribution in [3.63, 3.8) is 0 Å². The van der Waals surface area contributed by atoms with E-state index in [1.165, 1.54) is 0 Å². The fourth-order valence-electron chi connectivity index (χ4n) is 2.38. The lowest BCUT2D eigenvalue weighted by atomic mass is 10.1. The second-order valence-corrected chi connectivity index (χ2v) is 4.63. The van der Waals surface area contributed by atoms with Gasteiger partial charge in [0.2, 0.25) is 0 Å². The van der Waals surface area contributed by atoms with Crippen molar-refractivity contribution < 1.29 is 19.9 Å². The third-order valence-electron chi connectivity index (χ3n) is 3.36. The van der Waals surface area contributed by atoms with E-state index in [2.05, 4.69) is 0 Å². The highest BCUT2D eigenvalue weighted by Gasteiger charge is 2.32. The zero-order valence-corrected chi connectivity index (χ0v) is 10.6. The average molecular weight is 276 g/mol. The predicted octanol–water partition coefficient (Wildman–Crippen LogP) is -0.477. The number of benzene rings is 1. The molecular weight excluding hydrogens is 264 g/mol. The molecule has 1 aromatic carbocycles. The first-order valence-electron chi connectivity index (χ1n) is 6.21. The first-order valence-corrected chi connectivity index (χ1v) is 6.21. The van der Waals surface area contributed by atoms with Gasteiger partial charge in [0.25, 0.3) is 0 Å². The summed E-state index contributed by atoms with van der Waals surface area (Å²) in [4.78, 5) is 0. The average Bonchev–Trinajstić information content (AvgIpc) is 2.94. The minimum atomic E-state index is 0.0610. The quantitative estimate of drug-likeness (QED) is 0.538. The second-order valence-electron chi connectivity index (χ2n) is 4.63. The Kier molecular flexibility index (Phi) is 2.96. The number of hydrogen-bond acceptors (Lipinski definition) is 4. The Hall–Kier alpha value is -2.32. The van der Waals surface area contributed by atoms with Gasteiger partial charge in [0, 0.05) is 10.4 Å². The fraction of sp³-hybridized carbons (Fsp3) is 0.333. The summed E-state index contributed by atoms with van der Waals surface area (Å²) in [5.74, 6) is 0.122. The summed E-state index contributed by atoms with van der Waals surface area (Å²) in [6.45, 7) is 0.558. The Labute approximate surface area is 114 Å². The first-order chi connectivity index (χ1) is 9.58. The standard InChI is InChI=1S/C12H12N4O4/c17-13-5-6-14(18)11(13)9-1-2-10(4-3-9)12-15(19)7-8-16(12)20/h1-4H,5-8H2. The maximum Gasteiger partial charge on any atom is 0.315 e. The zero-order chi connectivity index (χ0) is 14.3. The topological polar surface area (TPSA) is 98.4 Å². The van der Waals surface area contributed by atoms with Gasteiger partial charge in [0.15, 0.2) is 13.1 Å². The SMILES string of the molecule is [O]N1CC[N+]([O-])=C1c1ccc(C2=[N+]([O-])CCN2[O])cc1. The lowest BCUT2D eigenvalue weighted by Gasteiger charge is -2.08. The molecule has 8 nitrogen and oxygen atoms in total. The van der Waals surface area contributed by atoms with E-state index in [0.717, 1.165) is 0 Å². The summed E-state index contributed by atoms with van der Waals surface area (Å²) in [6, 6.07) is 6.27. The second kappa shape index (κ2) is 4.66. The molecule has 8 heteroatoms. The van der Waals surface area contributed by atoms with Crippen LogP contribution in [0, 0.1) is 10.4 Å². The van der Waals surface area contributed by atoms with Crippen molar-refractivity contribution in [1.29, 1.82) is 0 Å². The molecule has 0 saturated heterocycles. The molecular formula is C12H12N4O4. The number of amidine groups is 2. The Morgan fingerprint density at radius 1 is 0.800 bits per heavy atom. The highest BCUT2D eigenvalue weighted by atomic mass is 16.5. The molecule has 0 unspecified atom stereocenters. The van der Waals surface area contributed by atoms with Gasteiger partial charge in [-0.05, 0) is 24.3 Å². The van der Waals surface area contributed by atoms with Crippen LogP contribution in [0.5, 0.6) is 0 Å². The summed E-state index contributed by atoms with van der Waals surface area (Å²) < 4.78 is 1.29. The van der Waals surface area contributed by atoms with E-state index < -0.39 is 0 Å². The van der Waals surface area contributed by atoms with Crippen LogP contribution in [-0.2, 0) is 10.4 Å². The van der Waals surface area contributed by atoms with E-state index in [1.54, 1.807) is 24.3 Å². The number of hydroxylamine groups is 6. The molecule has 0 atom stereocenters. The molecule has 0 N–H and O–H groups in total.